The number of rotatable bonds is 6. The molecular formula is C15H12BrCl4NO3S. The monoisotopic (exact) mass is 505 g/mol. The zero-order chi connectivity index (χ0) is 18.8. The van der Waals surface area contributed by atoms with Gasteiger partial charge in [0.05, 0.1) is 10.0 Å². The zero-order valence-electron chi connectivity index (χ0n) is 12.7. The highest BCUT2D eigenvalue weighted by atomic mass is 79.9. The number of hydrogen-bond acceptors (Lipinski definition) is 4. The van der Waals surface area contributed by atoms with Gasteiger partial charge in [-0.2, -0.15) is 8.42 Å². The first-order valence-electron chi connectivity index (χ1n) is 6.79. The molecule has 4 nitrogen and oxygen atoms in total. The van der Waals surface area contributed by atoms with E-state index in [4.69, 9.17) is 50.6 Å². The van der Waals surface area contributed by atoms with E-state index in [1.54, 1.807) is 36.2 Å². The van der Waals surface area contributed by atoms with Gasteiger partial charge >= 0.3 is 10.1 Å². The van der Waals surface area contributed by atoms with Crippen molar-refractivity contribution in [3.05, 3.63) is 56.5 Å². The quantitative estimate of drug-likeness (QED) is 0.362. The Kier molecular flexibility index (Phi) is 7.16. The molecule has 136 valence electrons. The summed E-state index contributed by atoms with van der Waals surface area (Å²) in [7, 11) is -2.30. The Labute approximate surface area is 174 Å². The lowest BCUT2D eigenvalue weighted by Crippen LogP contribution is -2.33. The Hall–Kier alpha value is -0.370. The number of alkyl halides is 1. The van der Waals surface area contributed by atoms with Crippen LogP contribution in [0.25, 0.3) is 0 Å². The van der Waals surface area contributed by atoms with Gasteiger partial charge in [-0.1, -0.05) is 62.3 Å². The maximum atomic E-state index is 12.4. The SMILES string of the molecule is CN(CC(Br)S(=O)(=O)Oc1c(Cl)cc(Cl)cc1Cl)c1ccc(Cl)cc1. The third-order valence-corrected chi connectivity index (χ3v) is 7.03. The van der Waals surface area contributed by atoms with Gasteiger partial charge in [0, 0.05) is 29.3 Å². The highest BCUT2D eigenvalue weighted by Crippen LogP contribution is 2.37. The van der Waals surface area contributed by atoms with E-state index in [2.05, 4.69) is 15.9 Å². The minimum absolute atomic E-state index is 0.00632. The van der Waals surface area contributed by atoms with Crippen LogP contribution in [-0.4, -0.2) is 26.2 Å². The molecule has 2 aromatic carbocycles. The van der Waals surface area contributed by atoms with E-state index in [1.165, 1.54) is 12.1 Å². The summed E-state index contributed by atoms with van der Waals surface area (Å²) in [6.07, 6.45) is 0. The lowest BCUT2D eigenvalue weighted by atomic mass is 10.3. The van der Waals surface area contributed by atoms with E-state index in [0.29, 0.717) is 5.02 Å². The van der Waals surface area contributed by atoms with Gasteiger partial charge in [0.25, 0.3) is 0 Å². The number of anilines is 1. The van der Waals surface area contributed by atoms with Crippen LogP contribution in [0, 0.1) is 0 Å². The molecule has 0 N–H and O–H groups in total. The van der Waals surface area contributed by atoms with Crippen LogP contribution >= 0.6 is 62.3 Å². The average Bonchev–Trinajstić information content (AvgIpc) is 2.51. The van der Waals surface area contributed by atoms with E-state index in [9.17, 15) is 8.42 Å². The van der Waals surface area contributed by atoms with Crippen LogP contribution in [0.2, 0.25) is 20.1 Å². The molecule has 0 aliphatic heterocycles. The van der Waals surface area contributed by atoms with E-state index in [1.807, 2.05) is 0 Å². The Bertz CT molecular complexity index is 839. The standard InChI is InChI=1S/C15H12BrCl4NO3S/c1-21(11-4-2-9(17)3-5-11)8-14(16)25(22,23)24-15-12(19)6-10(18)7-13(15)20/h2-7,14H,8H2,1H3. The molecule has 0 radical (unpaired) electrons. The molecule has 0 saturated heterocycles. The van der Waals surface area contributed by atoms with Crippen LogP contribution in [0.5, 0.6) is 5.75 Å². The van der Waals surface area contributed by atoms with Crippen LogP contribution in [0.1, 0.15) is 0 Å². The van der Waals surface area contributed by atoms with Crippen LogP contribution in [0.4, 0.5) is 5.69 Å². The van der Waals surface area contributed by atoms with Crippen LogP contribution < -0.4 is 9.08 Å². The van der Waals surface area contributed by atoms with E-state index in [-0.39, 0.29) is 27.4 Å². The van der Waals surface area contributed by atoms with Crippen molar-refractivity contribution in [2.75, 3.05) is 18.5 Å². The van der Waals surface area contributed by atoms with Crippen molar-refractivity contribution in [2.45, 2.75) is 4.16 Å². The van der Waals surface area contributed by atoms with Crippen molar-refractivity contribution >= 4 is 78.1 Å². The summed E-state index contributed by atoms with van der Waals surface area (Å²) in [5.74, 6) is -0.161. The van der Waals surface area contributed by atoms with Gasteiger partial charge in [-0.3, -0.25) is 0 Å². The van der Waals surface area contributed by atoms with E-state index < -0.39 is 14.3 Å². The third kappa shape index (κ3) is 5.55. The first kappa shape index (κ1) is 20.9. The van der Waals surface area contributed by atoms with Gasteiger partial charge in [-0.05, 0) is 36.4 Å². The normalized spacial score (nSPS) is 12.7. The van der Waals surface area contributed by atoms with Gasteiger partial charge < -0.3 is 9.08 Å². The van der Waals surface area contributed by atoms with Crippen LogP contribution in [0.3, 0.4) is 0 Å². The molecule has 2 rings (SSSR count). The van der Waals surface area contributed by atoms with Gasteiger partial charge in [-0.25, -0.2) is 0 Å². The summed E-state index contributed by atoms with van der Waals surface area (Å²) >= 11 is 26.7. The number of halogens is 5. The second-order valence-electron chi connectivity index (χ2n) is 5.04. The third-order valence-electron chi connectivity index (χ3n) is 3.16. The summed E-state index contributed by atoms with van der Waals surface area (Å²) in [5, 5.41) is 0.881. The van der Waals surface area contributed by atoms with Crippen molar-refractivity contribution in [3.8, 4) is 5.75 Å². The van der Waals surface area contributed by atoms with Crippen molar-refractivity contribution in [1.29, 1.82) is 0 Å². The molecule has 0 aromatic heterocycles. The summed E-state index contributed by atoms with van der Waals surface area (Å²) in [4.78, 5) is 1.74. The predicted octanol–water partition coefficient (Wildman–Crippen LogP) is 5.87. The summed E-state index contributed by atoms with van der Waals surface area (Å²) < 4.78 is 29.0. The van der Waals surface area contributed by atoms with Crippen molar-refractivity contribution in [2.24, 2.45) is 0 Å². The summed E-state index contributed by atoms with van der Waals surface area (Å²) in [6, 6.07) is 9.69. The minimum Gasteiger partial charge on any atom is -0.378 e. The summed E-state index contributed by atoms with van der Waals surface area (Å²) in [5.41, 5.74) is 0.798. The number of benzene rings is 2. The van der Waals surface area contributed by atoms with Crippen molar-refractivity contribution in [3.63, 3.8) is 0 Å². The molecule has 0 aliphatic carbocycles. The number of nitrogens with zero attached hydrogens (tertiary/aromatic N) is 1. The second kappa shape index (κ2) is 8.55. The fourth-order valence-corrected chi connectivity index (χ4v) is 4.58. The highest BCUT2D eigenvalue weighted by molar-refractivity contribution is 9.11. The number of hydrogen-bond donors (Lipinski definition) is 0. The molecule has 0 fully saturated rings. The molecule has 0 heterocycles. The first-order valence-corrected chi connectivity index (χ1v) is 10.7. The predicted molar refractivity (Wildman–Crippen MR) is 108 cm³/mol. The average molecular weight is 508 g/mol. The van der Waals surface area contributed by atoms with Gasteiger partial charge in [0.1, 0.15) is 0 Å². The molecule has 1 atom stereocenters. The molecule has 10 heteroatoms. The van der Waals surface area contributed by atoms with E-state index in [0.717, 1.165) is 5.69 Å². The van der Waals surface area contributed by atoms with Crippen LogP contribution in [0.15, 0.2) is 36.4 Å². The lowest BCUT2D eigenvalue weighted by Gasteiger charge is -2.22. The fraction of sp³-hybridized carbons (Fsp3) is 0.200. The largest absolute Gasteiger partial charge is 0.378 e. The Morgan fingerprint density at radius 3 is 2.08 bits per heavy atom. The molecule has 0 spiro atoms. The maximum absolute atomic E-state index is 12.4. The Morgan fingerprint density at radius 1 is 1.04 bits per heavy atom. The molecule has 25 heavy (non-hydrogen) atoms. The fourth-order valence-electron chi connectivity index (χ4n) is 1.88. The second-order valence-corrected chi connectivity index (χ2v) is 10.2. The minimum atomic E-state index is -4.05. The maximum Gasteiger partial charge on any atom is 0.324 e. The molecule has 0 saturated carbocycles. The molecule has 2 aromatic rings. The Morgan fingerprint density at radius 2 is 1.56 bits per heavy atom. The smallest absolute Gasteiger partial charge is 0.324 e. The van der Waals surface area contributed by atoms with Gasteiger partial charge in [-0.15, -0.1) is 0 Å². The van der Waals surface area contributed by atoms with Crippen molar-refractivity contribution < 1.29 is 12.6 Å². The molecule has 0 bridgehead atoms. The highest BCUT2D eigenvalue weighted by Gasteiger charge is 2.28. The molecule has 0 amide bonds. The Balaban J connectivity index is 2.15. The molecule has 1 unspecified atom stereocenters. The van der Waals surface area contributed by atoms with Crippen LogP contribution in [-0.2, 0) is 10.1 Å². The van der Waals surface area contributed by atoms with Crippen molar-refractivity contribution in [1.82, 2.24) is 0 Å². The molecule has 0 aliphatic rings. The summed E-state index contributed by atoms with van der Waals surface area (Å²) in [6.45, 7) is 0.118. The first-order chi connectivity index (χ1) is 11.6. The zero-order valence-corrected chi connectivity index (χ0v) is 18.1. The van der Waals surface area contributed by atoms with Gasteiger partial charge in [0.2, 0.25) is 0 Å². The molecular weight excluding hydrogens is 496 g/mol. The van der Waals surface area contributed by atoms with E-state index >= 15 is 0 Å². The van der Waals surface area contributed by atoms with Gasteiger partial charge in [0.15, 0.2) is 9.91 Å². The topological polar surface area (TPSA) is 46.6 Å². The lowest BCUT2D eigenvalue weighted by molar-refractivity contribution is 0.483.